The average Bonchev–Trinajstić information content (AvgIpc) is 2.56. The van der Waals surface area contributed by atoms with Crippen molar-refractivity contribution in [2.75, 3.05) is 24.7 Å². The molecular formula is C22H46OS. The zero-order valence-electron chi connectivity index (χ0n) is 17.1. The van der Waals surface area contributed by atoms with Gasteiger partial charge in [0.25, 0.3) is 0 Å². The van der Waals surface area contributed by atoms with Crippen molar-refractivity contribution >= 4 is 11.8 Å². The minimum Gasteiger partial charge on any atom is -0.381 e. The summed E-state index contributed by atoms with van der Waals surface area (Å²) >= 11 is 2.12. The summed E-state index contributed by atoms with van der Waals surface area (Å²) in [4.78, 5) is 0. The van der Waals surface area contributed by atoms with Crippen LogP contribution in [0.4, 0.5) is 0 Å². The Morgan fingerprint density at radius 2 is 1.12 bits per heavy atom. The first kappa shape index (κ1) is 24.3. The third-order valence-corrected chi connectivity index (χ3v) is 5.69. The maximum Gasteiger partial charge on any atom is 0.0473 e. The molecule has 0 aliphatic heterocycles. The molecule has 0 atom stereocenters. The Hall–Kier alpha value is 0.310. The van der Waals surface area contributed by atoms with Gasteiger partial charge in [0.2, 0.25) is 0 Å². The highest BCUT2D eigenvalue weighted by molar-refractivity contribution is 7.99. The molecule has 146 valence electrons. The molecule has 0 bridgehead atoms. The fraction of sp³-hybridized carbons (Fsp3) is 1.00. The van der Waals surface area contributed by atoms with Crippen molar-refractivity contribution in [2.24, 2.45) is 5.92 Å². The van der Waals surface area contributed by atoms with Gasteiger partial charge in [0.15, 0.2) is 0 Å². The third-order valence-electron chi connectivity index (χ3n) is 4.54. The largest absolute Gasteiger partial charge is 0.381 e. The van der Waals surface area contributed by atoms with Crippen LogP contribution >= 0.6 is 11.8 Å². The fourth-order valence-electron chi connectivity index (χ4n) is 2.88. The maximum atomic E-state index is 5.58. The summed E-state index contributed by atoms with van der Waals surface area (Å²) in [6.45, 7) is 8.81. The summed E-state index contributed by atoms with van der Waals surface area (Å²) < 4.78 is 5.58. The lowest BCUT2D eigenvalue weighted by Crippen LogP contribution is -1.98. The van der Waals surface area contributed by atoms with Gasteiger partial charge in [-0.1, -0.05) is 91.4 Å². The van der Waals surface area contributed by atoms with Crippen LogP contribution in [0.15, 0.2) is 0 Å². The van der Waals surface area contributed by atoms with Crippen LogP contribution in [0.1, 0.15) is 111 Å². The molecule has 0 saturated carbocycles. The molecule has 0 rings (SSSR count). The summed E-state index contributed by atoms with van der Waals surface area (Å²) in [5, 5.41) is 0. The first-order valence-corrected chi connectivity index (χ1v) is 12.1. The SMILES string of the molecule is CCCCOCCCSCCCCCCCCCCCCC(C)C. The van der Waals surface area contributed by atoms with E-state index in [9.17, 15) is 0 Å². The molecule has 0 aromatic carbocycles. The van der Waals surface area contributed by atoms with Crippen LogP contribution in [0.25, 0.3) is 0 Å². The van der Waals surface area contributed by atoms with Gasteiger partial charge in [0.1, 0.15) is 0 Å². The highest BCUT2D eigenvalue weighted by Gasteiger charge is 1.96. The summed E-state index contributed by atoms with van der Waals surface area (Å²) in [5.74, 6) is 3.52. The van der Waals surface area contributed by atoms with Gasteiger partial charge in [-0.25, -0.2) is 0 Å². The molecule has 0 aromatic rings. The number of rotatable bonds is 20. The molecule has 0 N–H and O–H groups in total. The third kappa shape index (κ3) is 22.3. The van der Waals surface area contributed by atoms with Crippen molar-refractivity contribution in [3.63, 3.8) is 0 Å². The molecule has 0 spiro atoms. The molecule has 24 heavy (non-hydrogen) atoms. The highest BCUT2D eigenvalue weighted by atomic mass is 32.2. The smallest absolute Gasteiger partial charge is 0.0473 e. The van der Waals surface area contributed by atoms with Crippen molar-refractivity contribution in [1.82, 2.24) is 0 Å². The van der Waals surface area contributed by atoms with Crippen LogP contribution < -0.4 is 0 Å². The highest BCUT2D eigenvalue weighted by Crippen LogP contribution is 2.14. The lowest BCUT2D eigenvalue weighted by molar-refractivity contribution is 0.132. The molecule has 0 saturated heterocycles. The van der Waals surface area contributed by atoms with E-state index in [1.807, 2.05) is 0 Å². The van der Waals surface area contributed by atoms with Crippen molar-refractivity contribution < 1.29 is 4.74 Å². The molecular weight excluding hydrogens is 312 g/mol. The average molecular weight is 359 g/mol. The second-order valence-corrected chi connectivity index (χ2v) is 8.87. The van der Waals surface area contributed by atoms with Gasteiger partial charge in [-0.05, 0) is 36.7 Å². The van der Waals surface area contributed by atoms with Crippen LogP contribution in [0.3, 0.4) is 0 Å². The van der Waals surface area contributed by atoms with E-state index in [1.54, 1.807) is 0 Å². The van der Waals surface area contributed by atoms with E-state index in [0.717, 1.165) is 19.1 Å². The summed E-state index contributed by atoms with van der Waals surface area (Å²) in [5.41, 5.74) is 0. The van der Waals surface area contributed by atoms with Crippen LogP contribution in [0, 0.1) is 5.92 Å². The van der Waals surface area contributed by atoms with E-state index in [-0.39, 0.29) is 0 Å². The van der Waals surface area contributed by atoms with Crippen molar-refractivity contribution in [3.8, 4) is 0 Å². The van der Waals surface area contributed by atoms with Gasteiger partial charge in [-0.2, -0.15) is 11.8 Å². The van der Waals surface area contributed by atoms with Crippen molar-refractivity contribution in [2.45, 2.75) is 111 Å². The maximum absolute atomic E-state index is 5.58. The van der Waals surface area contributed by atoms with Crippen LogP contribution in [-0.4, -0.2) is 24.7 Å². The monoisotopic (exact) mass is 358 g/mol. The predicted octanol–water partition coefficient (Wildman–Crippen LogP) is 7.87. The minimum absolute atomic E-state index is 0.891. The quantitative estimate of drug-likeness (QED) is 0.205. The van der Waals surface area contributed by atoms with Crippen LogP contribution in [0.5, 0.6) is 0 Å². The molecule has 1 nitrogen and oxygen atoms in total. The molecule has 0 heterocycles. The molecule has 0 fully saturated rings. The molecule has 0 aliphatic carbocycles. The van der Waals surface area contributed by atoms with Gasteiger partial charge < -0.3 is 4.74 Å². The van der Waals surface area contributed by atoms with E-state index >= 15 is 0 Å². The number of ether oxygens (including phenoxy) is 1. The lowest BCUT2D eigenvalue weighted by Gasteiger charge is -2.05. The zero-order chi connectivity index (χ0) is 17.7. The van der Waals surface area contributed by atoms with Gasteiger partial charge in [-0.15, -0.1) is 0 Å². The molecule has 0 radical (unpaired) electrons. The van der Waals surface area contributed by atoms with E-state index in [0.29, 0.717) is 0 Å². The van der Waals surface area contributed by atoms with E-state index in [1.165, 1.54) is 101 Å². The van der Waals surface area contributed by atoms with Gasteiger partial charge in [0, 0.05) is 13.2 Å². The summed E-state index contributed by atoms with van der Waals surface area (Å²) in [6, 6.07) is 0. The number of hydrogen-bond donors (Lipinski definition) is 0. The van der Waals surface area contributed by atoms with Gasteiger partial charge in [0.05, 0.1) is 0 Å². The number of unbranched alkanes of at least 4 members (excludes halogenated alkanes) is 10. The molecule has 0 unspecified atom stereocenters. The molecule has 0 aliphatic rings. The Bertz CT molecular complexity index is 218. The van der Waals surface area contributed by atoms with Crippen molar-refractivity contribution in [1.29, 1.82) is 0 Å². The number of hydrogen-bond acceptors (Lipinski definition) is 2. The first-order chi connectivity index (χ1) is 11.8. The Balaban J connectivity index is 2.95. The Kier molecular flexibility index (Phi) is 21.6. The zero-order valence-corrected chi connectivity index (χ0v) is 17.9. The normalized spacial score (nSPS) is 11.5. The molecule has 0 amide bonds. The lowest BCUT2D eigenvalue weighted by atomic mass is 10.0. The summed E-state index contributed by atoms with van der Waals surface area (Å²) in [6.07, 6.45) is 19.6. The standard InChI is InChI=1S/C22H46OS/c1-4-5-18-23-19-16-21-24-20-15-13-11-9-7-6-8-10-12-14-17-22(2)3/h22H,4-21H2,1-3H3. The van der Waals surface area contributed by atoms with Crippen LogP contribution in [0.2, 0.25) is 0 Å². The fourth-order valence-corrected chi connectivity index (χ4v) is 3.82. The second-order valence-electron chi connectivity index (χ2n) is 7.65. The number of thioether (sulfide) groups is 1. The van der Waals surface area contributed by atoms with Crippen LogP contribution in [-0.2, 0) is 4.74 Å². The molecule has 0 aromatic heterocycles. The minimum atomic E-state index is 0.891. The van der Waals surface area contributed by atoms with E-state index in [2.05, 4.69) is 32.5 Å². The Morgan fingerprint density at radius 3 is 1.71 bits per heavy atom. The topological polar surface area (TPSA) is 9.23 Å². The predicted molar refractivity (Wildman–Crippen MR) is 113 cm³/mol. The van der Waals surface area contributed by atoms with Crippen molar-refractivity contribution in [3.05, 3.63) is 0 Å². The molecule has 2 heteroatoms. The van der Waals surface area contributed by atoms with E-state index < -0.39 is 0 Å². The first-order valence-electron chi connectivity index (χ1n) is 10.9. The van der Waals surface area contributed by atoms with Gasteiger partial charge in [-0.3, -0.25) is 0 Å². The summed E-state index contributed by atoms with van der Waals surface area (Å²) in [7, 11) is 0. The van der Waals surface area contributed by atoms with E-state index in [4.69, 9.17) is 4.74 Å². The Labute approximate surface area is 158 Å². The Morgan fingerprint density at radius 1 is 0.625 bits per heavy atom. The second kappa shape index (κ2) is 21.4. The van der Waals surface area contributed by atoms with Gasteiger partial charge >= 0.3 is 0 Å².